The van der Waals surface area contributed by atoms with Crippen LogP contribution in [-0.2, 0) is 4.79 Å². The lowest BCUT2D eigenvalue weighted by Crippen LogP contribution is -2.30. The topological polar surface area (TPSA) is 29.1 Å². The third-order valence-electron chi connectivity index (χ3n) is 0.954. The molecule has 0 aromatic rings. The maximum absolute atomic E-state index is 11.7. The first-order valence-corrected chi connectivity index (χ1v) is 3.94. The molecule has 0 radical (unpaired) electrons. The quantitative estimate of drug-likeness (QED) is 0.676. The molecular formula is C8H14F3NO. The van der Waals surface area contributed by atoms with Crippen LogP contribution in [0.3, 0.4) is 0 Å². The van der Waals surface area contributed by atoms with E-state index in [-0.39, 0.29) is 6.54 Å². The van der Waals surface area contributed by atoms with Crippen molar-refractivity contribution in [1.82, 2.24) is 5.32 Å². The first-order chi connectivity index (χ1) is 5.89. The number of carbonyl (C=O) groups is 1. The Morgan fingerprint density at radius 2 is 1.77 bits per heavy atom. The normalized spacial score (nSPS) is 9.69. The van der Waals surface area contributed by atoms with Gasteiger partial charge >= 0.3 is 6.18 Å². The van der Waals surface area contributed by atoms with Gasteiger partial charge in [0, 0.05) is 6.54 Å². The van der Waals surface area contributed by atoms with Crippen molar-refractivity contribution in [3.05, 3.63) is 12.2 Å². The first kappa shape index (κ1) is 14.5. The van der Waals surface area contributed by atoms with Gasteiger partial charge in [0.05, 0.1) is 0 Å². The SMILES string of the molecule is C=C(C(=O)NCC)C(F)(F)F.CC. The number of hydrogen-bond acceptors (Lipinski definition) is 1. The maximum Gasteiger partial charge on any atom is 0.421 e. The van der Waals surface area contributed by atoms with Gasteiger partial charge in [-0.25, -0.2) is 0 Å². The molecule has 0 atom stereocenters. The van der Waals surface area contributed by atoms with E-state index in [2.05, 4.69) is 6.58 Å². The fraction of sp³-hybridized carbons (Fsp3) is 0.625. The molecule has 0 bridgehead atoms. The van der Waals surface area contributed by atoms with Gasteiger partial charge in [-0.2, -0.15) is 13.2 Å². The molecule has 13 heavy (non-hydrogen) atoms. The van der Waals surface area contributed by atoms with Gasteiger partial charge in [0.25, 0.3) is 5.91 Å². The summed E-state index contributed by atoms with van der Waals surface area (Å²) in [7, 11) is 0. The van der Waals surface area contributed by atoms with Crippen LogP contribution < -0.4 is 5.32 Å². The summed E-state index contributed by atoms with van der Waals surface area (Å²) in [6, 6.07) is 0. The van der Waals surface area contributed by atoms with Crippen molar-refractivity contribution in [3.8, 4) is 0 Å². The number of amides is 1. The summed E-state index contributed by atoms with van der Waals surface area (Å²) in [5.74, 6) is -1.17. The van der Waals surface area contributed by atoms with E-state index in [1.54, 1.807) is 0 Å². The van der Waals surface area contributed by atoms with E-state index in [9.17, 15) is 18.0 Å². The highest BCUT2D eigenvalue weighted by Crippen LogP contribution is 2.23. The molecule has 0 aliphatic rings. The summed E-state index contributed by atoms with van der Waals surface area (Å²) in [5, 5.41) is 1.99. The van der Waals surface area contributed by atoms with Crippen molar-refractivity contribution in [2.45, 2.75) is 26.9 Å². The van der Waals surface area contributed by atoms with Gasteiger partial charge in [-0.15, -0.1) is 0 Å². The van der Waals surface area contributed by atoms with Crippen LogP contribution in [0, 0.1) is 0 Å². The van der Waals surface area contributed by atoms with E-state index < -0.39 is 17.7 Å². The van der Waals surface area contributed by atoms with E-state index in [1.807, 2.05) is 19.2 Å². The molecule has 0 saturated carbocycles. The standard InChI is InChI=1S/C6H8F3NO.C2H6/c1-3-10-5(11)4(2)6(7,8)9;1-2/h2-3H2,1H3,(H,10,11);1-2H3. The predicted octanol–water partition coefficient (Wildman–Crippen LogP) is 2.27. The Hall–Kier alpha value is -1.00. The Bertz CT molecular complexity index is 175. The Balaban J connectivity index is 0. The molecule has 0 aliphatic heterocycles. The zero-order valence-electron chi connectivity index (χ0n) is 7.96. The summed E-state index contributed by atoms with van der Waals surface area (Å²) in [6.45, 7) is 8.30. The fourth-order valence-corrected chi connectivity index (χ4v) is 0.396. The average Bonchev–Trinajstić information content (AvgIpc) is 2.05. The monoisotopic (exact) mass is 197 g/mol. The van der Waals surface area contributed by atoms with Crippen LogP contribution >= 0.6 is 0 Å². The lowest BCUT2D eigenvalue weighted by Gasteiger charge is -2.08. The van der Waals surface area contributed by atoms with Crippen molar-refractivity contribution < 1.29 is 18.0 Å². The molecule has 5 heteroatoms. The zero-order chi connectivity index (χ0) is 11.1. The molecule has 2 nitrogen and oxygen atoms in total. The van der Waals surface area contributed by atoms with E-state index in [0.29, 0.717) is 0 Å². The number of likely N-dealkylation sites (N-methyl/N-ethyl adjacent to an activating group) is 1. The average molecular weight is 197 g/mol. The minimum atomic E-state index is -4.63. The number of alkyl halides is 3. The van der Waals surface area contributed by atoms with E-state index in [1.165, 1.54) is 6.92 Å². The molecule has 0 fully saturated rings. The van der Waals surface area contributed by atoms with Crippen LogP contribution in [0.25, 0.3) is 0 Å². The zero-order valence-corrected chi connectivity index (χ0v) is 7.96. The lowest BCUT2D eigenvalue weighted by atomic mass is 10.3. The van der Waals surface area contributed by atoms with Gasteiger partial charge in [0.15, 0.2) is 0 Å². The van der Waals surface area contributed by atoms with E-state index in [0.717, 1.165) is 0 Å². The molecule has 0 heterocycles. The molecule has 0 rings (SSSR count). The summed E-state index contributed by atoms with van der Waals surface area (Å²) in [4.78, 5) is 10.5. The molecular weight excluding hydrogens is 183 g/mol. The van der Waals surface area contributed by atoms with Crippen molar-refractivity contribution in [2.75, 3.05) is 6.54 Å². The Morgan fingerprint density at radius 1 is 1.38 bits per heavy atom. The number of nitrogens with one attached hydrogen (secondary N) is 1. The second-order valence-corrected chi connectivity index (χ2v) is 1.84. The van der Waals surface area contributed by atoms with Crippen LogP contribution in [0.4, 0.5) is 13.2 Å². The molecule has 1 amide bonds. The third-order valence-corrected chi connectivity index (χ3v) is 0.954. The number of halogens is 3. The molecule has 0 aliphatic carbocycles. The minimum Gasteiger partial charge on any atom is -0.352 e. The van der Waals surface area contributed by atoms with Crippen LogP contribution in [0.2, 0.25) is 0 Å². The second-order valence-electron chi connectivity index (χ2n) is 1.84. The number of rotatable bonds is 2. The van der Waals surface area contributed by atoms with Crippen LogP contribution in [0.15, 0.2) is 12.2 Å². The van der Waals surface area contributed by atoms with Gasteiger partial charge in [-0.1, -0.05) is 20.4 Å². The molecule has 0 spiro atoms. The summed E-state index contributed by atoms with van der Waals surface area (Å²) >= 11 is 0. The van der Waals surface area contributed by atoms with Crippen LogP contribution in [0.5, 0.6) is 0 Å². The highest BCUT2D eigenvalue weighted by atomic mass is 19.4. The first-order valence-electron chi connectivity index (χ1n) is 3.94. The smallest absolute Gasteiger partial charge is 0.352 e. The highest BCUT2D eigenvalue weighted by molar-refractivity contribution is 5.93. The molecule has 0 aromatic heterocycles. The lowest BCUT2D eigenvalue weighted by molar-refractivity contribution is -0.130. The van der Waals surface area contributed by atoms with Gasteiger partial charge in [-0.05, 0) is 6.92 Å². The van der Waals surface area contributed by atoms with Gasteiger partial charge in [0.2, 0.25) is 0 Å². The molecule has 0 saturated heterocycles. The number of carbonyl (C=O) groups excluding carboxylic acids is 1. The fourth-order valence-electron chi connectivity index (χ4n) is 0.396. The molecule has 0 aromatic carbocycles. The van der Waals surface area contributed by atoms with E-state index >= 15 is 0 Å². The van der Waals surface area contributed by atoms with Crippen molar-refractivity contribution in [2.24, 2.45) is 0 Å². The van der Waals surface area contributed by atoms with Gasteiger partial charge in [0.1, 0.15) is 5.57 Å². The van der Waals surface area contributed by atoms with Gasteiger partial charge in [-0.3, -0.25) is 4.79 Å². The summed E-state index contributed by atoms with van der Waals surface area (Å²) in [5.41, 5.74) is -1.36. The van der Waals surface area contributed by atoms with Crippen LogP contribution in [0.1, 0.15) is 20.8 Å². The molecule has 0 unspecified atom stereocenters. The maximum atomic E-state index is 11.7. The largest absolute Gasteiger partial charge is 0.421 e. The molecule has 78 valence electrons. The second kappa shape index (κ2) is 6.51. The Labute approximate surface area is 75.8 Å². The van der Waals surface area contributed by atoms with Gasteiger partial charge < -0.3 is 5.32 Å². The minimum absolute atomic E-state index is 0.161. The van der Waals surface area contributed by atoms with Crippen molar-refractivity contribution in [1.29, 1.82) is 0 Å². The Kier molecular flexibility index (Phi) is 7.27. The molecule has 1 N–H and O–H groups in total. The Morgan fingerprint density at radius 3 is 2.00 bits per heavy atom. The predicted molar refractivity (Wildman–Crippen MR) is 45.2 cm³/mol. The third kappa shape index (κ3) is 6.19. The highest BCUT2D eigenvalue weighted by Gasteiger charge is 2.36. The summed E-state index contributed by atoms with van der Waals surface area (Å²) in [6.07, 6.45) is -4.63. The van der Waals surface area contributed by atoms with Crippen molar-refractivity contribution >= 4 is 5.91 Å². The van der Waals surface area contributed by atoms with E-state index in [4.69, 9.17) is 0 Å². The van der Waals surface area contributed by atoms with Crippen molar-refractivity contribution in [3.63, 3.8) is 0 Å². The number of hydrogen-bond donors (Lipinski definition) is 1. The summed E-state index contributed by atoms with van der Waals surface area (Å²) < 4.78 is 35.0. The van der Waals surface area contributed by atoms with Crippen LogP contribution in [-0.4, -0.2) is 18.6 Å².